The van der Waals surface area contributed by atoms with Crippen molar-refractivity contribution in [2.45, 2.75) is 51.1 Å². The van der Waals surface area contributed by atoms with Crippen molar-refractivity contribution in [3.05, 3.63) is 12.3 Å². The molecule has 0 aromatic heterocycles. The van der Waals surface area contributed by atoms with Crippen LogP contribution in [-0.4, -0.2) is 19.3 Å². The summed E-state index contributed by atoms with van der Waals surface area (Å²) in [4.78, 5) is 0. The zero-order valence-electron chi connectivity index (χ0n) is 9.67. The van der Waals surface area contributed by atoms with E-state index in [2.05, 4.69) is 22.9 Å². The van der Waals surface area contributed by atoms with E-state index in [1.807, 2.05) is 0 Å². The molecule has 0 radical (unpaired) electrons. The van der Waals surface area contributed by atoms with Crippen molar-refractivity contribution >= 4 is 0 Å². The van der Waals surface area contributed by atoms with Crippen molar-refractivity contribution in [3.8, 4) is 0 Å². The molecule has 15 heavy (non-hydrogen) atoms. The molecule has 1 aliphatic rings. The fraction of sp³-hybridized carbons (Fsp3) is 0.833. The van der Waals surface area contributed by atoms with Crippen LogP contribution in [0.15, 0.2) is 12.3 Å². The summed E-state index contributed by atoms with van der Waals surface area (Å²) in [5.74, 6) is 0. The van der Waals surface area contributed by atoms with E-state index < -0.39 is 0 Å². The average molecular weight is 211 g/mol. The second kappa shape index (κ2) is 8.74. The van der Waals surface area contributed by atoms with E-state index in [-0.39, 0.29) is 0 Å². The molecular formula is C12H25N3. The van der Waals surface area contributed by atoms with E-state index in [4.69, 9.17) is 5.73 Å². The Morgan fingerprint density at radius 3 is 3.00 bits per heavy atom. The summed E-state index contributed by atoms with van der Waals surface area (Å²) >= 11 is 0. The highest BCUT2D eigenvalue weighted by Crippen LogP contribution is 2.04. The highest BCUT2D eigenvalue weighted by Gasteiger charge is 2.05. The van der Waals surface area contributed by atoms with Crippen LogP contribution in [0.1, 0.15) is 44.9 Å². The monoisotopic (exact) mass is 211 g/mol. The van der Waals surface area contributed by atoms with Crippen molar-refractivity contribution < 1.29 is 0 Å². The van der Waals surface area contributed by atoms with E-state index in [1.54, 1.807) is 0 Å². The van der Waals surface area contributed by atoms with E-state index in [1.165, 1.54) is 44.9 Å². The molecule has 0 aliphatic carbocycles. The van der Waals surface area contributed by atoms with Crippen molar-refractivity contribution in [3.63, 3.8) is 0 Å². The SMILES string of the molecule is NCCCCCCNC1CCCC=CN1. The zero-order chi connectivity index (χ0) is 10.8. The van der Waals surface area contributed by atoms with Gasteiger partial charge in [0, 0.05) is 0 Å². The lowest BCUT2D eigenvalue weighted by Crippen LogP contribution is -2.39. The fourth-order valence-electron chi connectivity index (χ4n) is 1.85. The Bertz CT molecular complexity index is 168. The van der Waals surface area contributed by atoms with Crippen LogP contribution < -0.4 is 16.4 Å². The smallest absolute Gasteiger partial charge is 0.0763 e. The molecule has 0 spiro atoms. The molecule has 0 saturated heterocycles. The molecular weight excluding hydrogens is 186 g/mol. The first-order valence-electron chi connectivity index (χ1n) is 6.28. The predicted molar refractivity (Wildman–Crippen MR) is 65.4 cm³/mol. The molecule has 1 atom stereocenters. The maximum atomic E-state index is 5.44. The number of nitrogens with two attached hydrogens (primary N) is 1. The molecule has 4 N–H and O–H groups in total. The predicted octanol–water partition coefficient (Wildman–Crippen LogP) is 1.71. The zero-order valence-corrected chi connectivity index (χ0v) is 9.67. The molecule has 88 valence electrons. The Labute approximate surface area is 93.5 Å². The van der Waals surface area contributed by atoms with Gasteiger partial charge in [0.05, 0.1) is 6.17 Å². The minimum Gasteiger partial charge on any atom is -0.376 e. The van der Waals surface area contributed by atoms with Crippen LogP contribution in [0, 0.1) is 0 Å². The molecule has 1 heterocycles. The van der Waals surface area contributed by atoms with Crippen molar-refractivity contribution in [1.82, 2.24) is 10.6 Å². The molecule has 3 heteroatoms. The van der Waals surface area contributed by atoms with Crippen LogP contribution in [0.4, 0.5) is 0 Å². The summed E-state index contributed by atoms with van der Waals surface area (Å²) in [6.07, 6.45) is 13.5. The van der Waals surface area contributed by atoms with Crippen LogP contribution in [0.3, 0.4) is 0 Å². The lowest BCUT2D eigenvalue weighted by Gasteiger charge is -2.17. The Morgan fingerprint density at radius 2 is 2.13 bits per heavy atom. The van der Waals surface area contributed by atoms with Gasteiger partial charge in [0.2, 0.25) is 0 Å². The van der Waals surface area contributed by atoms with E-state index >= 15 is 0 Å². The maximum Gasteiger partial charge on any atom is 0.0763 e. The third-order valence-corrected chi connectivity index (χ3v) is 2.80. The van der Waals surface area contributed by atoms with Gasteiger partial charge in [-0.1, -0.05) is 18.9 Å². The van der Waals surface area contributed by atoms with Crippen molar-refractivity contribution in [2.24, 2.45) is 5.73 Å². The lowest BCUT2D eigenvalue weighted by atomic mass is 10.2. The first kappa shape index (κ1) is 12.5. The Kier molecular flexibility index (Phi) is 7.30. The summed E-state index contributed by atoms with van der Waals surface area (Å²) in [5, 5.41) is 6.92. The summed E-state index contributed by atoms with van der Waals surface area (Å²) in [6.45, 7) is 1.96. The van der Waals surface area contributed by atoms with Crippen LogP contribution in [-0.2, 0) is 0 Å². The molecule has 0 saturated carbocycles. The molecule has 0 aromatic rings. The number of rotatable bonds is 7. The van der Waals surface area contributed by atoms with E-state index in [0.29, 0.717) is 6.17 Å². The highest BCUT2D eigenvalue weighted by atomic mass is 15.1. The van der Waals surface area contributed by atoms with Gasteiger partial charge in [0.15, 0.2) is 0 Å². The number of unbranched alkanes of at least 4 members (excludes halogenated alkanes) is 3. The van der Waals surface area contributed by atoms with Gasteiger partial charge in [-0.05, 0) is 51.4 Å². The summed E-state index contributed by atoms with van der Waals surface area (Å²) in [5.41, 5.74) is 5.44. The normalized spacial score (nSPS) is 21.0. The van der Waals surface area contributed by atoms with Crippen LogP contribution >= 0.6 is 0 Å². The first-order valence-corrected chi connectivity index (χ1v) is 6.28. The number of allylic oxidation sites excluding steroid dienone is 1. The molecule has 3 nitrogen and oxygen atoms in total. The quantitative estimate of drug-likeness (QED) is 0.562. The van der Waals surface area contributed by atoms with Gasteiger partial charge in [-0.2, -0.15) is 0 Å². The van der Waals surface area contributed by atoms with Crippen LogP contribution in [0.5, 0.6) is 0 Å². The second-order valence-corrected chi connectivity index (χ2v) is 4.21. The molecule has 1 aliphatic heterocycles. The largest absolute Gasteiger partial charge is 0.376 e. The first-order chi connectivity index (χ1) is 7.43. The van der Waals surface area contributed by atoms with Gasteiger partial charge in [0.25, 0.3) is 0 Å². The second-order valence-electron chi connectivity index (χ2n) is 4.21. The van der Waals surface area contributed by atoms with Crippen LogP contribution in [0.25, 0.3) is 0 Å². The lowest BCUT2D eigenvalue weighted by molar-refractivity contribution is 0.431. The van der Waals surface area contributed by atoms with E-state index in [9.17, 15) is 0 Å². The third-order valence-electron chi connectivity index (χ3n) is 2.80. The van der Waals surface area contributed by atoms with Gasteiger partial charge >= 0.3 is 0 Å². The molecule has 0 fully saturated rings. The minimum atomic E-state index is 0.484. The standard InChI is InChI=1S/C12H25N3/c13-9-5-1-2-6-10-14-12-8-4-3-7-11-15-12/h7,11-12,14-15H,1-6,8-10,13H2. The Morgan fingerprint density at radius 1 is 1.27 bits per heavy atom. The van der Waals surface area contributed by atoms with Crippen molar-refractivity contribution in [2.75, 3.05) is 13.1 Å². The Hall–Kier alpha value is -0.540. The molecule has 0 aromatic carbocycles. The van der Waals surface area contributed by atoms with Crippen LogP contribution in [0.2, 0.25) is 0 Å². The van der Waals surface area contributed by atoms with Gasteiger partial charge in [-0.15, -0.1) is 0 Å². The summed E-state index contributed by atoms with van der Waals surface area (Å²) < 4.78 is 0. The number of nitrogens with one attached hydrogen (secondary N) is 2. The summed E-state index contributed by atoms with van der Waals surface area (Å²) in [7, 11) is 0. The third kappa shape index (κ3) is 6.52. The number of hydrogen-bond acceptors (Lipinski definition) is 3. The summed E-state index contributed by atoms with van der Waals surface area (Å²) in [6, 6.07) is 0. The van der Waals surface area contributed by atoms with Gasteiger partial charge in [0.1, 0.15) is 0 Å². The Balaban J connectivity index is 1.92. The average Bonchev–Trinajstić information content (AvgIpc) is 2.52. The van der Waals surface area contributed by atoms with Crippen molar-refractivity contribution in [1.29, 1.82) is 0 Å². The topological polar surface area (TPSA) is 50.1 Å². The van der Waals surface area contributed by atoms with Gasteiger partial charge in [-0.25, -0.2) is 0 Å². The number of hydrogen-bond donors (Lipinski definition) is 3. The highest BCUT2D eigenvalue weighted by molar-refractivity contribution is 4.86. The molecule has 0 bridgehead atoms. The molecule has 1 rings (SSSR count). The van der Waals surface area contributed by atoms with Gasteiger partial charge < -0.3 is 11.1 Å². The fourth-order valence-corrected chi connectivity index (χ4v) is 1.85. The maximum absolute atomic E-state index is 5.44. The molecule has 1 unspecified atom stereocenters. The molecule has 0 amide bonds. The minimum absolute atomic E-state index is 0.484. The van der Waals surface area contributed by atoms with Gasteiger partial charge in [-0.3, -0.25) is 5.32 Å². The van der Waals surface area contributed by atoms with E-state index in [0.717, 1.165) is 13.1 Å².